The van der Waals surface area contributed by atoms with Crippen molar-refractivity contribution < 1.29 is 19.2 Å². The van der Waals surface area contributed by atoms with Crippen molar-refractivity contribution in [2.45, 2.75) is 64.0 Å². The molecular formula is C28H33N3O4. The summed E-state index contributed by atoms with van der Waals surface area (Å²) in [6, 6.07) is 15.3. The van der Waals surface area contributed by atoms with E-state index in [0.29, 0.717) is 24.1 Å². The van der Waals surface area contributed by atoms with Crippen LogP contribution in [0.25, 0.3) is 0 Å². The van der Waals surface area contributed by atoms with E-state index in [9.17, 15) is 19.2 Å². The molecule has 0 unspecified atom stereocenters. The number of unbranched alkanes of at least 4 members (excludes halogenated alkanes) is 2. The number of hydrogen-bond donors (Lipinski definition) is 1. The summed E-state index contributed by atoms with van der Waals surface area (Å²) >= 11 is 0. The van der Waals surface area contributed by atoms with Crippen LogP contribution in [-0.2, 0) is 16.0 Å². The number of hydrogen-bond acceptors (Lipinski definition) is 4. The molecule has 184 valence electrons. The summed E-state index contributed by atoms with van der Waals surface area (Å²) in [5.41, 5.74) is 1.50. The molecule has 35 heavy (non-hydrogen) atoms. The summed E-state index contributed by atoms with van der Waals surface area (Å²) in [7, 11) is 0. The quantitative estimate of drug-likeness (QED) is 0.398. The van der Waals surface area contributed by atoms with Gasteiger partial charge in [-0.1, -0.05) is 68.7 Å². The first-order valence-electron chi connectivity index (χ1n) is 12.6. The number of rotatable bonds is 11. The minimum atomic E-state index is -0.973. The Labute approximate surface area is 206 Å². The van der Waals surface area contributed by atoms with Crippen LogP contribution in [-0.4, -0.2) is 58.6 Å². The van der Waals surface area contributed by atoms with Crippen LogP contribution in [0.5, 0.6) is 0 Å². The van der Waals surface area contributed by atoms with E-state index in [1.54, 1.807) is 24.3 Å². The fraction of sp³-hybridized carbons (Fsp3) is 0.429. The van der Waals surface area contributed by atoms with Crippen molar-refractivity contribution >= 4 is 23.6 Å². The van der Waals surface area contributed by atoms with Crippen LogP contribution >= 0.6 is 0 Å². The van der Waals surface area contributed by atoms with Crippen molar-refractivity contribution in [3.8, 4) is 0 Å². The van der Waals surface area contributed by atoms with Gasteiger partial charge in [0.2, 0.25) is 11.8 Å². The Balaban J connectivity index is 1.45. The lowest BCUT2D eigenvalue weighted by Crippen LogP contribution is -2.52. The number of carbonyl (C=O) groups excluding carboxylic acids is 4. The molecule has 1 saturated heterocycles. The Morgan fingerprint density at radius 2 is 1.63 bits per heavy atom. The zero-order chi connectivity index (χ0) is 24.8. The molecule has 4 rings (SSSR count). The highest BCUT2D eigenvalue weighted by atomic mass is 16.2. The molecule has 0 aromatic heterocycles. The molecule has 7 heteroatoms. The molecule has 2 aromatic rings. The first-order valence-corrected chi connectivity index (χ1v) is 12.6. The van der Waals surface area contributed by atoms with Gasteiger partial charge in [0.15, 0.2) is 0 Å². The maximum absolute atomic E-state index is 13.4. The highest BCUT2D eigenvalue weighted by Gasteiger charge is 2.42. The molecular weight excluding hydrogens is 442 g/mol. The van der Waals surface area contributed by atoms with Gasteiger partial charge in [-0.15, -0.1) is 0 Å². The Kier molecular flexibility index (Phi) is 7.95. The van der Waals surface area contributed by atoms with Gasteiger partial charge in [-0.3, -0.25) is 24.1 Å². The number of nitrogens with one attached hydrogen (secondary N) is 1. The number of benzene rings is 2. The van der Waals surface area contributed by atoms with Gasteiger partial charge in [-0.2, -0.15) is 0 Å². The fourth-order valence-corrected chi connectivity index (χ4v) is 5.08. The topological polar surface area (TPSA) is 86.8 Å². The molecule has 2 aliphatic heterocycles. The third-order valence-corrected chi connectivity index (χ3v) is 6.96. The largest absolute Gasteiger partial charge is 0.353 e. The molecule has 1 fully saturated rings. The molecule has 0 saturated carbocycles. The average Bonchev–Trinajstić information content (AvgIpc) is 3.35. The minimum Gasteiger partial charge on any atom is -0.353 e. The average molecular weight is 476 g/mol. The summed E-state index contributed by atoms with van der Waals surface area (Å²) in [5, 5.41) is 2.90. The van der Waals surface area contributed by atoms with E-state index >= 15 is 0 Å². The minimum absolute atomic E-state index is 0.127. The van der Waals surface area contributed by atoms with Crippen LogP contribution in [0.3, 0.4) is 0 Å². The van der Waals surface area contributed by atoms with Gasteiger partial charge in [0.25, 0.3) is 11.8 Å². The van der Waals surface area contributed by atoms with Crippen molar-refractivity contribution in [2.24, 2.45) is 0 Å². The predicted octanol–water partition coefficient (Wildman–Crippen LogP) is 3.58. The molecule has 0 spiro atoms. The third-order valence-electron chi connectivity index (χ3n) is 6.96. The molecule has 0 radical (unpaired) electrons. The van der Waals surface area contributed by atoms with Crippen LogP contribution in [0.15, 0.2) is 54.6 Å². The molecule has 2 aromatic carbocycles. The van der Waals surface area contributed by atoms with Crippen molar-refractivity contribution in [3.05, 3.63) is 71.3 Å². The van der Waals surface area contributed by atoms with E-state index in [1.165, 1.54) is 0 Å². The van der Waals surface area contributed by atoms with E-state index in [2.05, 4.69) is 12.2 Å². The number of nitrogens with zero attached hydrogens (tertiary/aromatic N) is 2. The van der Waals surface area contributed by atoms with Gasteiger partial charge in [0.05, 0.1) is 11.1 Å². The lowest BCUT2D eigenvalue weighted by molar-refractivity contribution is -0.130. The van der Waals surface area contributed by atoms with Crippen molar-refractivity contribution in [1.29, 1.82) is 0 Å². The molecule has 1 N–H and O–H groups in total. The summed E-state index contributed by atoms with van der Waals surface area (Å²) in [6.07, 6.45) is 6.00. The molecule has 4 amide bonds. The van der Waals surface area contributed by atoms with Gasteiger partial charge in [0.1, 0.15) is 6.04 Å². The molecule has 2 atom stereocenters. The molecule has 2 aliphatic rings. The molecule has 0 aliphatic carbocycles. The highest BCUT2D eigenvalue weighted by Crippen LogP contribution is 2.26. The van der Waals surface area contributed by atoms with Gasteiger partial charge >= 0.3 is 0 Å². The van der Waals surface area contributed by atoms with Gasteiger partial charge in [-0.25, -0.2) is 0 Å². The van der Waals surface area contributed by atoms with E-state index in [1.807, 2.05) is 35.2 Å². The summed E-state index contributed by atoms with van der Waals surface area (Å²) in [4.78, 5) is 55.0. The second kappa shape index (κ2) is 11.3. The summed E-state index contributed by atoms with van der Waals surface area (Å²) in [5.74, 6) is -1.17. The lowest BCUT2D eigenvalue weighted by Gasteiger charge is -2.27. The van der Waals surface area contributed by atoms with Crippen LogP contribution in [0.4, 0.5) is 0 Å². The van der Waals surface area contributed by atoms with Gasteiger partial charge in [0, 0.05) is 32.0 Å². The molecule has 0 bridgehead atoms. The maximum atomic E-state index is 13.4. The first kappa shape index (κ1) is 24.6. The van der Waals surface area contributed by atoms with E-state index in [0.717, 1.165) is 42.6 Å². The van der Waals surface area contributed by atoms with Crippen molar-refractivity contribution in [2.75, 3.05) is 13.1 Å². The first-order chi connectivity index (χ1) is 17.0. The normalized spacial score (nSPS) is 18.2. The Bertz CT molecular complexity index is 1050. The third kappa shape index (κ3) is 5.45. The number of carbonyl (C=O) groups is 4. The number of likely N-dealkylation sites (tertiary alicyclic amines) is 1. The second-order valence-corrected chi connectivity index (χ2v) is 9.30. The zero-order valence-electron chi connectivity index (χ0n) is 20.2. The predicted molar refractivity (Wildman–Crippen MR) is 133 cm³/mol. The van der Waals surface area contributed by atoms with Gasteiger partial charge < -0.3 is 10.2 Å². The van der Waals surface area contributed by atoms with Crippen LogP contribution in [0.2, 0.25) is 0 Å². The molecule has 2 heterocycles. The summed E-state index contributed by atoms with van der Waals surface area (Å²) < 4.78 is 0. The van der Waals surface area contributed by atoms with Crippen molar-refractivity contribution in [1.82, 2.24) is 15.1 Å². The number of imide groups is 1. The van der Waals surface area contributed by atoms with E-state index < -0.39 is 23.8 Å². The maximum Gasteiger partial charge on any atom is 0.262 e. The smallest absolute Gasteiger partial charge is 0.262 e. The summed E-state index contributed by atoms with van der Waals surface area (Å²) in [6.45, 7) is 2.87. The lowest BCUT2D eigenvalue weighted by atomic mass is 10.0. The second-order valence-electron chi connectivity index (χ2n) is 9.30. The van der Waals surface area contributed by atoms with Gasteiger partial charge in [-0.05, 0) is 30.5 Å². The zero-order valence-corrected chi connectivity index (χ0v) is 20.2. The van der Waals surface area contributed by atoms with Crippen molar-refractivity contribution in [3.63, 3.8) is 0 Å². The Morgan fingerprint density at radius 3 is 2.29 bits per heavy atom. The van der Waals surface area contributed by atoms with E-state index in [4.69, 9.17) is 0 Å². The van der Waals surface area contributed by atoms with Crippen LogP contribution in [0.1, 0.15) is 71.7 Å². The number of fused-ring (bicyclic) bond motifs is 1. The van der Waals surface area contributed by atoms with Crippen LogP contribution in [0, 0.1) is 0 Å². The number of amides is 4. The highest BCUT2D eigenvalue weighted by molar-refractivity contribution is 6.22. The van der Waals surface area contributed by atoms with E-state index in [-0.39, 0.29) is 24.9 Å². The van der Waals surface area contributed by atoms with Crippen LogP contribution < -0.4 is 5.32 Å². The Hall–Kier alpha value is -3.48. The standard InChI is InChI=1S/C28H33N3O4/c1-2-3-5-12-21-15-16-25(32)30(21)18-17-29-26(33)24(19-20-10-6-4-7-11-20)31-27(34)22-13-8-9-14-23(22)28(31)35/h4,6-11,13-14,21,24H,2-3,5,12,15-19H2,1H3,(H,29,33)/t21-,24-/m1/s1. The monoisotopic (exact) mass is 475 g/mol. The SMILES string of the molecule is CCCCC[C@@H]1CCC(=O)N1CCNC(=O)[C@@H](Cc1ccccc1)N1C(=O)c2ccccc2C1=O. The fourth-order valence-electron chi connectivity index (χ4n) is 5.08. The molecule has 7 nitrogen and oxygen atoms in total. The Morgan fingerprint density at radius 1 is 0.971 bits per heavy atom.